The van der Waals surface area contributed by atoms with Gasteiger partial charge >= 0.3 is 0 Å². The van der Waals surface area contributed by atoms with E-state index in [1.807, 2.05) is 17.9 Å². The van der Waals surface area contributed by atoms with Crippen LogP contribution < -0.4 is 11.1 Å². The highest BCUT2D eigenvalue weighted by Gasteiger charge is 2.18. The van der Waals surface area contributed by atoms with Crippen molar-refractivity contribution in [2.75, 3.05) is 0 Å². The van der Waals surface area contributed by atoms with Crippen molar-refractivity contribution < 1.29 is 0 Å². The van der Waals surface area contributed by atoms with Crippen LogP contribution in [0, 0.1) is 0 Å². The third-order valence-electron chi connectivity index (χ3n) is 3.06. The van der Waals surface area contributed by atoms with Crippen molar-refractivity contribution in [1.82, 2.24) is 15.1 Å². The lowest BCUT2D eigenvalue weighted by Gasteiger charge is -2.27. The van der Waals surface area contributed by atoms with Crippen LogP contribution in [0.3, 0.4) is 0 Å². The third kappa shape index (κ3) is 3.04. The van der Waals surface area contributed by atoms with Gasteiger partial charge in [-0.25, -0.2) is 0 Å². The Kier molecular flexibility index (Phi) is 3.38. The quantitative estimate of drug-likeness (QED) is 0.772. The van der Waals surface area contributed by atoms with Crippen LogP contribution in [0.15, 0.2) is 12.3 Å². The monoisotopic (exact) mass is 208 g/mol. The molecule has 0 saturated heterocycles. The standard InChI is InChI=1S/C11H20N4/c1-15-6-5-11(14-15)8-13-10-4-2-3-9(12)7-10/h5-6,9-10,13H,2-4,7-8,12H2,1H3. The number of aryl methyl sites for hydroxylation is 1. The molecule has 1 aromatic heterocycles. The summed E-state index contributed by atoms with van der Waals surface area (Å²) >= 11 is 0. The zero-order chi connectivity index (χ0) is 10.7. The molecular formula is C11H20N4. The molecule has 1 aromatic rings. The number of aromatic nitrogens is 2. The lowest BCUT2D eigenvalue weighted by molar-refractivity contribution is 0.337. The molecule has 0 aromatic carbocycles. The van der Waals surface area contributed by atoms with E-state index in [2.05, 4.69) is 16.5 Å². The van der Waals surface area contributed by atoms with Gasteiger partial charge in [-0.15, -0.1) is 0 Å². The van der Waals surface area contributed by atoms with Gasteiger partial charge in [0.15, 0.2) is 0 Å². The zero-order valence-corrected chi connectivity index (χ0v) is 9.32. The molecule has 1 aliphatic carbocycles. The maximum Gasteiger partial charge on any atom is 0.0762 e. The highest BCUT2D eigenvalue weighted by molar-refractivity contribution is 4.98. The van der Waals surface area contributed by atoms with E-state index in [1.165, 1.54) is 19.3 Å². The minimum atomic E-state index is 0.389. The minimum Gasteiger partial charge on any atom is -0.328 e. The second-order valence-corrected chi connectivity index (χ2v) is 4.49. The lowest BCUT2D eigenvalue weighted by atomic mass is 9.91. The van der Waals surface area contributed by atoms with E-state index >= 15 is 0 Å². The molecule has 4 heteroatoms. The third-order valence-corrected chi connectivity index (χ3v) is 3.06. The van der Waals surface area contributed by atoms with Gasteiger partial charge in [-0.3, -0.25) is 4.68 Å². The average molecular weight is 208 g/mol. The number of nitrogens with zero attached hydrogens (tertiary/aromatic N) is 2. The molecule has 0 bridgehead atoms. The molecule has 0 amide bonds. The van der Waals surface area contributed by atoms with Crippen molar-refractivity contribution in [3.05, 3.63) is 18.0 Å². The van der Waals surface area contributed by atoms with E-state index in [4.69, 9.17) is 5.73 Å². The molecule has 3 N–H and O–H groups in total. The second kappa shape index (κ2) is 4.77. The van der Waals surface area contributed by atoms with E-state index < -0.39 is 0 Å². The van der Waals surface area contributed by atoms with Crippen molar-refractivity contribution in [3.63, 3.8) is 0 Å². The lowest BCUT2D eigenvalue weighted by Crippen LogP contribution is -2.39. The minimum absolute atomic E-state index is 0.389. The van der Waals surface area contributed by atoms with E-state index in [0.717, 1.165) is 18.7 Å². The fourth-order valence-electron chi connectivity index (χ4n) is 2.22. The van der Waals surface area contributed by atoms with E-state index in [9.17, 15) is 0 Å². The van der Waals surface area contributed by atoms with Crippen LogP contribution >= 0.6 is 0 Å². The Balaban J connectivity index is 1.77. The number of nitrogens with two attached hydrogens (primary N) is 1. The van der Waals surface area contributed by atoms with E-state index in [1.54, 1.807) is 0 Å². The summed E-state index contributed by atoms with van der Waals surface area (Å²) < 4.78 is 1.84. The molecule has 0 spiro atoms. The predicted molar refractivity (Wildman–Crippen MR) is 60.3 cm³/mol. The zero-order valence-electron chi connectivity index (χ0n) is 9.32. The van der Waals surface area contributed by atoms with E-state index in [-0.39, 0.29) is 0 Å². The first-order valence-electron chi connectivity index (χ1n) is 5.71. The molecule has 1 fully saturated rings. The van der Waals surface area contributed by atoms with E-state index in [0.29, 0.717) is 12.1 Å². The smallest absolute Gasteiger partial charge is 0.0762 e. The van der Waals surface area contributed by atoms with Crippen LogP contribution in [-0.4, -0.2) is 21.9 Å². The summed E-state index contributed by atoms with van der Waals surface area (Å²) in [7, 11) is 1.94. The normalized spacial score (nSPS) is 26.8. The molecule has 1 saturated carbocycles. The Morgan fingerprint density at radius 3 is 3.13 bits per heavy atom. The van der Waals surface area contributed by atoms with Crippen molar-refractivity contribution >= 4 is 0 Å². The number of rotatable bonds is 3. The van der Waals surface area contributed by atoms with Crippen LogP contribution in [0.5, 0.6) is 0 Å². The van der Waals surface area contributed by atoms with Crippen molar-refractivity contribution in [2.45, 2.75) is 44.3 Å². The van der Waals surface area contributed by atoms with Crippen LogP contribution in [0.4, 0.5) is 0 Å². The molecular weight excluding hydrogens is 188 g/mol. The van der Waals surface area contributed by atoms with Crippen molar-refractivity contribution in [2.24, 2.45) is 12.8 Å². The SMILES string of the molecule is Cn1ccc(CNC2CCCC(N)C2)n1. The Bertz CT molecular complexity index is 307. The summed E-state index contributed by atoms with van der Waals surface area (Å²) in [6.45, 7) is 0.859. The van der Waals surface area contributed by atoms with Crippen molar-refractivity contribution in [3.8, 4) is 0 Å². The van der Waals surface area contributed by atoms with Gasteiger partial charge in [0.2, 0.25) is 0 Å². The largest absolute Gasteiger partial charge is 0.328 e. The summed E-state index contributed by atoms with van der Waals surface area (Å²) in [5.74, 6) is 0. The molecule has 1 aliphatic rings. The number of hydrogen-bond acceptors (Lipinski definition) is 3. The Labute approximate surface area is 90.8 Å². The summed E-state index contributed by atoms with van der Waals surface area (Å²) in [5, 5.41) is 7.86. The van der Waals surface area contributed by atoms with Crippen LogP contribution in [0.25, 0.3) is 0 Å². The molecule has 4 nitrogen and oxygen atoms in total. The Morgan fingerprint density at radius 2 is 2.47 bits per heavy atom. The van der Waals surface area contributed by atoms with Crippen LogP contribution in [-0.2, 0) is 13.6 Å². The second-order valence-electron chi connectivity index (χ2n) is 4.49. The molecule has 1 heterocycles. The Hall–Kier alpha value is -0.870. The molecule has 2 atom stereocenters. The van der Waals surface area contributed by atoms with Gasteiger partial charge in [0.1, 0.15) is 0 Å². The number of nitrogens with one attached hydrogen (secondary N) is 1. The highest BCUT2D eigenvalue weighted by atomic mass is 15.3. The fraction of sp³-hybridized carbons (Fsp3) is 0.727. The van der Waals surface area contributed by atoms with Gasteiger partial charge in [-0.2, -0.15) is 5.10 Å². The average Bonchev–Trinajstić information content (AvgIpc) is 2.62. The molecule has 0 radical (unpaired) electrons. The first kappa shape index (κ1) is 10.6. The summed E-state index contributed by atoms with van der Waals surface area (Å²) in [6.07, 6.45) is 6.76. The Morgan fingerprint density at radius 1 is 1.60 bits per heavy atom. The van der Waals surface area contributed by atoms with Gasteiger partial charge in [0, 0.05) is 31.9 Å². The molecule has 2 rings (SSSR count). The molecule has 0 aliphatic heterocycles. The molecule has 2 unspecified atom stereocenters. The molecule has 15 heavy (non-hydrogen) atoms. The fourth-order valence-corrected chi connectivity index (χ4v) is 2.22. The maximum absolute atomic E-state index is 5.94. The topological polar surface area (TPSA) is 55.9 Å². The highest BCUT2D eigenvalue weighted by Crippen LogP contribution is 2.17. The van der Waals surface area contributed by atoms with Crippen LogP contribution in [0.1, 0.15) is 31.4 Å². The van der Waals surface area contributed by atoms with Gasteiger partial charge < -0.3 is 11.1 Å². The van der Waals surface area contributed by atoms with Gasteiger partial charge in [0.25, 0.3) is 0 Å². The maximum atomic E-state index is 5.94. The first-order chi connectivity index (χ1) is 7.24. The van der Waals surface area contributed by atoms with Crippen molar-refractivity contribution in [1.29, 1.82) is 0 Å². The summed E-state index contributed by atoms with van der Waals surface area (Å²) in [6, 6.07) is 3.02. The molecule has 84 valence electrons. The van der Waals surface area contributed by atoms with Gasteiger partial charge in [0.05, 0.1) is 5.69 Å². The van der Waals surface area contributed by atoms with Gasteiger partial charge in [-0.1, -0.05) is 6.42 Å². The predicted octanol–water partition coefficient (Wildman–Crippen LogP) is 0.780. The van der Waals surface area contributed by atoms with Crippen LogP contribution in [0.2, 0.25) is 0 Å². The number of hydrogen-bond donors (Lipinski definition) is 2. The summed E-state index contributed by atoms with van der Waals surface area (Å²) in [5.41, 5.74) is 7.05. The van der Waals surface area contributed by atoms with Gasteiger partial charge in [-0.05, 0) is 25.3 Å². The summed E-state index contributed by atoms with van der Waals surface area (Å²) in [4.78, 5) is 0. The first-order valence-corrected chi connectivity index (χ1v) is 5.71.